The van der Waals surface area contributed by atoms with Crippen molar-refractivity contribution in [2.75, 3.05) is 10.8 Å². The Labute approximate surface area is 181 Å². The van der Waals surface area contributed by atoms with E-state index in [-0.39, 0.29) is 23.4 Å². The quantitative estimate of drug-likeness (QED) is 0.778. The van der Waals surface area contributed by atoms with Gasteiger partial charge < -0.3 is 10.1 Å². The Morgan fingerprint density at radius 1 is 1.07 bits per heavy atom. The van der Waals surface area contributed by atoms with E-state index < -0.39 is 16.1 Å². The number of amides is 1. The summed E-state index contributed by atoms with van der Waals surface area (Å²) in [6, 6.07) is 13.1. The van der Waals surface area contributed by atoms with Gasteiger partial charge in [-0.25, -0.2) is 8.42 Å². The molecule has 2 aliphatic carbocycles. The minimum atomic E-state index is -3.88. The highest BCUT2D eigenvalue weighted by Crippen LogP contribution is 2.44. The van der Waals surface area contributed by atoms with Gasteiger partial charge in [0.05, 0.1) is 17.1 Å². The maximum Gasteiger partial charge on any atom is 0.264 e. The number of hydrogen-bond acceptors (Lipinski definition) is 4. The van der Waals surface area contributed by atoms with Gasteiger partial charge in [-0.05, 0) is 67.5 Å². The molecule has 2 aromatic carbocycles. The summed E-state index contributed by atoms with van der Waals surface area (Å²) in [5, 5.41) is 3.59. The molecule has 4 atom stereocenters. The maximum absolute atomic E-state index is 13.4. The number of nitrogens with zero attached hydrogens (tertiary/aromatic N) is 1. The van der Waals surface area contributed by atoms with Crippen LogP contribution in [0.3, 0.4) is 0 Å². The molecular weight excluding hydrogens is 424 g/mol. The van der Waals surface area contributed by atoms with E-state index in [1.54, 1.807) is 36.4 Å². The molecule has 0 radical (unpaired) electrons. The van der Waals surface area contributed by atoms with Crippen molar-refractivity contribution < 1.29 is 17.9 Å². The third kappa shape index (κ3) is 3.44. The van der Waals surface area contributed by atoms with Gasteiger partial charge in [-0.15, -0.1) is 0 Å². The summed E-state index contributed by atoms with van der Waals surface area (Å²) in [4.78, 5) is 13.1. The van der Waals surface area contributed by atoms with Crippen LogP contribution in [0.25, 0.3) is 0 Å². The molecule has 0 unspecified atom stereocenters. The lowest BCUT2D eigenvalue weighted by molar-refractivity contribution is -0.128. The average molecular weight is 447 g/mol. The molecule has 0 saturated heterocycles. The number of para-hydroxylation sites is 2. The average Bonchev–Trinajstić information content (AvgIpc) is 3.36. The van der Waals surface area contributed by atoms with Crippen LogP contribution in [0.15, 0.2) is 53.4 Å². The van der Waals surface area contributed by atoms with E-state index >= 15 is 0 Å². The van der Waals surface area contributed by atoms with Crippen molar-refractivity contribution in [3.05, 3.63) is 53.6 Å². The molecule has 5 rings (SSSR count). The number of halogens is 1. The van der Waals surface area contributed by atoms with Gasteiger partial charge in [0, 0.05) is 11.1 Å². The highest BCUT2D eigenvalue weighted by atomic mass is 35.5. The van der Waals surface area contributed by atoms with Gasteiger partial charge >= 0.3 is 0 Å². The number of ether oxygens (including phenoxy) is 1. The number of carbonyl (C=O) groups is 1. The van der Waals surface area contributed by atoms with E-state index in [4.69, 9.17) is 16.3 Å². The summed E-state index contributed by atoms with van der Waals surface area (Å²) in [7, 11) is -3.88. The second-order valence-corrected chi connectivity index (χ2v) is 10.7. The first kappa shape index (κ1) is 19.7. The molecule has 1 aliphatic heterocycles. The standard InChI is InChI=1S/C22H23ClN2O4S/c23-16-7-9-17(10-8-16)30(27,28)25-13-21(29-20-4-2-1-3-19(20)25)22(26)24-18-12-14-5-6-15(18)11-14/h1-4,7-10,14-15,18,21H,5-6,11-13H2,(H,24,26)/t14-,15-,18+,21-/m0/s1. The van der Waals surface area contributed by atoms with Gasteiger partial charge in [0.15, 0.2) is 6.10 Å². The fraction of sp³-hybridized carbons (Fsp3) is 0.409. The van der Waals surface area contributed by atoms with Crippen LogP contribution in [0.2, 0.25) is 5.02 Å². The first-order valence-electron chi connectivity index (χ1n) is 10.3. The molecule has 1 N–H and O–H groups in total. The number of hydrogen-bond donors (Lipinski definition) is 1. The van der Waals surface area contributed by atoms with E-state index in [1.807, 2.05) is 0 Å². The van der Waals surface area contributed by atoms with E-state index in [0.717, 1.165) is 12.8 Å². The van der Waals surface area contributed by atoms with Gasteiger partial charge in [0.1, 0.15) is 5.75 Å². The van der Waals surface area contributed by atoms with Crippen molar-refractivity contribution in [3.63, 3.8) is 0 Å². The van der Waals surface area contributed by atoms with E-state index in [0.29, 0.717) is 28.3 Å². The summed E-state index contributed by atoms with van der Waals surface area (Å²) >= 11 is 5.92. The van der Waals surface area contributed by atoms with Gasteiger partial charge in [0.2, 0.25) is 0 Å². The molecule has 2 aromatic rings. The second kappa shape index (κ2) is 7.46. The van der Waals surface area contributed by atoms with Gasteiger partial charge in [-0.2, -0.15) is 0 Å². The molecule has 1 heterocycles. The highest BCUT2D eigenvalue weighted by Gasteiger charge is 2.43. The molecule has 0 spiro atoms. The summed E-state index contributed by atoms with van der Waals surface area (Å²) in [5.41, 5.74) is 0.427. The molecule has 2 fully saturated rings. The first-order chi connectivity index (χ1) is 14.4. The molecule has 30 heavy (non-hydrogen) atoms. The minimum absolute atomic E-state index is 0.0748. The second-order valence-electron chi connectivity index (χ2n) is 8.35. The van der Waals surface area contributed by atoms with E-state index in [2.05, 4.69) is 5.32 Å². The predicted octanol–water partition coefficient (Wildman–Crippen LogP) is 3.60. The third-order valence-electron chi connectivity index (χ3n) is 6.49. The van der Waals surface area contributed by atoms with Crippen LogP contribution in [-0.4, -0.2) is 33.0 Å². The Kier molecular flexibility index (Phi) is 4.90. The topological polar surface area (TPSA) is 75.7 Å². The lowest BCUT2D eigenvalue weighted by Crippen LogP contribution is -2.53. The molecular formula is C22H23ClN2O4S. The third-order valence-corrected chi connectivity index (χ3v) is 8.54. The van der Waals surface area contributed by atoms with Crippen molar-refractivity contribution in [2.24, 2.45) is 11.8 Å². The maximum atomic E-state index is 13.4. The summed E-state index contributed by atoms with van der Waals surface area (Å²) < 4.78 is 33.9. The zero-order valence-electron chi connectivity index (χ0n) is 16.3. The van der Waals surface area contributed by atoms with Gasteiger partial charge in [-0.1, -0.05) is 30.2 Å². The fourth-order valence-corrected chi connectivity index (χ4v) is 6.60. The molecule has 2 saturated carbocycles. The van der Waals surface area contributed by atoms with Crippen LogP contribution in [0, 0.1) is 11.8 Å². The fourth-order valence-electron chi connectivity index (χ4n) is 5.00. The molecule has 6 nitrogen and oxygen atoms in total. The van der Waals surface area contributed by atoms with Crippen LogP contribution in [0.1, 0.15) is 25.7 Å². The largest absolute Gasteiger partial charge is 0.476 e. The number of benzene rings is 2. The summed E-state index contributed by atoms with van der Waals surface area (Å²) in [5.74, 6) is 1.37. The number of anilines is 1. The lowest BCUT2D eigenvalue weighted by Gasteiger charge is -2.35. The lowest BCUT2D eigenvalue weighted by atomic mass is 9.95. The van der Waals surface area contributed by atoms with Crippen LogP contribution in [-0.2, 0) is 14.8 Å². The summed E-state index contributed by atoms with van der Waals surface area (Å²) in [6.07, 6.45) is 3.68. The normalized spacial score (nSPS) is 27.4. The Morgan fingerprint density at radius 2 is 1.83 bits per heavy atom. The van der Waals surface area contributed by atoms with Crippen molar-refractivity contribution in [2.45, 2.75) is 42.7 Å². The molecule has 2 bridgehead atoms. The monoisotopic (exact) mass is 446 g/mol. The Hall–Kier alpha value is -2.25. The molecule has 3 aliphatic rings. The highest BCUT2D eigenvalue weighted by molar-refractivity contribution is 7.92. The molecule has 0 aromatic heterocycles. The zero-order valence-corrected chi connectivity index (χ0v) is 17.9. The van der Waals surface area contributed by atoms with E-state index in [1.165, 1.54) is 29.3 Å². The first-order valence-corrected chi connectivity index (χ1v) is 12.1. The minimum Gasteiger partial charge on any atom is -0.476 e. The number of rotatable bonds is 4. The van der Waals surface area contributed by atoms with Gasteiger partial charge in [-0.3, -0.25) is 9.10 Å². The van der Waals surface area contributed by atoms with Crippen molar-refractivity contribution in [1.82, 2.24) is 5.32 Å². The van der Waals surface area contributed by atoms with Crippen LogP contribution >= 0.6 is 11.6 Å². The summed E-state index contributed by atoms with van der Waals surface area (Å²) in [6.45, 7) is -0.0748. The molecule has 158 valence electrons. The smallest absolute Gasteiger partial charge is 0.264 e. The molecule has 8 heteroatoms. The number of nitrogens with one attached hydrogen (secondary N) is 1. The number of fused-ring (bicyclic) bond motifs is 3. The zero-order chi connectivity index (χ0) is 20.9. The number of carbonyl (C=O) groups excluding carboxylic acids is 1. The van der Waals surface area contributed by atoms with Crippen molar-refractivity contribution in [1.29, 1.82) is 0 Å². The van der Waals surface area contributed by atoms with Gasteiger partial charge in [0.25, 0.3) is 15.9 Å². The Balaban J connectivity index is 1.42. The predicted molar refractivity (Wildman–Crippen MR) is 114 cm³/mol. The molecule has 1 amide bonds. The van der Waals surface area contributed by atoms with E-state index in [9.17, 15) is 13.2 Å². The van der Waals surface area contributed by atoms with Crippen molar-refractivity contribution >= 4 is 33.2 Å². The van der Waals surface area contributed by atoms with Crippen LogP contribution in [0.5, 0.6) is 5.75 Å². The van der Waals surface area contributed by atoms with Crippen LogP contribution < -0.4 is 14.4 Å². The Bertz CT molecular complexity index is 1070. The SMILES string of the molecule is O=C(N[C@@H]1C[C@H]2CC[C@H]1C2)[C@@H]1CN(S(=O)(=O)c2ccc(Cl)cc2)c2ccccc2O1. The Morgan fingerprint density at radius 3 is 2.53 bits per heavy atom. The number of sulfonamides is 1. The van der Waals surface area contributed by atoms with Crippen LogP contribution in [0.4, 0.5) is 5.69 Å². The van der Waals surface area contributed by atoms with Crippen molar-refractivity contribution in [3.8, 4) is 5.75 Å².